The summed E-state index contributed by atoms with van der Waals surface area (Å²) in [5.41, 5.74) is 0.642. The maximum absolute atomic E-state index is 9.74. The lowest BCUT2D eigenvalue weighted by atomic mass is 9.85. The summed E-state index contributed by atoms with van der Waals surface area (Å²) in [6, 6.07) is 0. The fraction of sp³-hybridized carbons (Fsp3) is 0.818. The van der Waals surface area contributed by atoms with Crippen LogP contribution in [-0.2, 0) is 14.2 Å². The molecule has 4 atom stereocenters. The van der Waals surface area contributed by atoms with E-state index in [0.29, 0.717) is 6.61 Å². The van der Waals surface area contributed by atoms with Crippen molar-refractivity contribution in [2.45, 2.75) is 50.5 Å². The van der Waals surface area contributed by atoms with Crippen LogP contribution in [0.2, 0.25) is 0 Å². The van der Waals surface area contributed by atoms with Crippen LogP contribution in [-0.4, -0.2) is 41.4 Å². The van der Waals surface area contributed by atoms with Crippen molar-refractivity contribution in [2.24, 2.45) is 0 Å². The second-order valence-electron chi connectivity index (χ2n) is 5.14. The topological polar surface area (TPSA) is 51.2 Å². The van der Waals surface area contributed by atoms with Gasteiger partial charge in [-0.15, -0.1) is 0 Å². The summed E-state index contributed by atoms with van der Waals surface area (Å²) < 4.78 is 17.0. The SMILES string of the molecule is CC1(C)OCC2=C[C@@H](O)[C@@H]3O[C@]3(C)[C@@H]2O1. The van der Waals surface area contributed by atoms with Crippen molar-refractivity contribution in [3.05, 3.63) is 11.6 Å². The summed E-state index contributed by atoms with van der Waals surface area (Å²) in [6.45, 7) is 6.30. The highest BCUT2D eigenvalue weighted by atomic mass is 16.7. The Morgan fingerprint density at radius 2 is 2.07 bits per heavy atom. The average Bonchev–Trinajstić information content (AvgIpc) is 2.82. The van der Waals surface area contributed by atoms with E-state index < -0.39 is 11.9 Å². The van der Waals surface area contributed by atoms with E-state index >= 15 is 0 Å². The number of hydrogen-bond acceptors (Lipinski definition) is 4. The average molecular weight is 212 g/mol. The van der Waals surface area contributed by atoms with Gasteiger partial charge < -0.3 is 19.3 Å². The van der Waals surface area contributed by atoms with Crippen molar-refractivity contribution >= 4 is 0 Å². The number of rotatable bonds is 0. The quantitative estimate of drug-likeness (QED) is 0.472. The molecule has 0 saturated carbocycles. The molecule has 3 aliphatic rings. The summed E-state index contributed by atoms with van der Waals surface area (Å²) in [7, 11) is 0. The molecule has 1 aliphatic carbocycles. The van der Waals surface area contributed by atoms with Gasteiger partial charge in [0.25, 0.3) is 0 Å². The van der Waals surface area contributed by atoms with Gasteiger partial charge >= 0.3 is 0 Å². The number of epoxide rings is 1. The lowest BCUT2D eigenvalue weighted by Crippen LogP contribution is -2.51. The first kappa shape index (κ1) is 9.78. The Morgan fingerprint density at radius 1 is 1.33 bits per heavy atom. The molecule has 0 aromatic carbocycles. The van der Waals surface area contributed by atoms with E-state index in [1.54, 1.807) is 6.08 Å². The Labute approximate surface area is 88.8 Å². The predicted octanol–water partition coefficient (Wildman–Crippen LogP) is 0.596. The summed E-state index contributed by atoms with van der Waals surface area (Å²) >= 11 is 0. The highest BCUT2D eigenvalue weighted by molar-refractivity contribution is 5.31. The Hall–Kier alpha value is -0.420. The van der Waals surface area contributed by atoms with E-state index in [4.69, 9.17) is 14.2 Å². The predicted molar refractivity (Wildman–Crippen MR) is 52.3 cm³/mol. The number of hydrogen-bond donors (Lipinski definition) is 1. The molecule has 4 heteroatoms. The fourth-order valence-corrected chi connectivity index (χ4v) is 2.51. The normalized spacial score (nSPS) is 51.5. The largest absolute Gasteiger partial charge is 0.386 e. The van der Waals surface area contributed by atoms with Gasteiger partial charge in [0.05, 0.1) is 6.61 Å². The first-order chi connectivity index (χ1) is 6.92. The molecule has 0 radical (unpaired) electrons. The van der Waals surface area contributed by atoms with Gasteiger partial charge in [0, 0.05) is 0 Å². The van der Waals surface area contributed by atoms with Gasteiger partial charge in [-0.1, -0.05) is 0 Å². The van der Waals surface area contributed by atoms with Crippen LogP contribution in [0.15, 0.2) is 11.6 Å². The summed E-state index contributed by atoms with van der Waals surface area (Å²) in [6.07, 6.45) is 1.10. The lowest BCUT2D eigenvalue weighted by molar-refractivity contribution is -0.262. The van der Waals surface area contributed by atoms with Crippen molar-refractivity contribution in [1.29, 1.82) is 0 Å². The van der Waals surface area contributed by atoms with Crippen molar-refractivity contribution in [3.63, 3.8) is 0 Å². The van der Waals surface area contributed by atoms with Crippen molar-refractivity contribution in [1.82, 2.24) is 0 Å². The van der Waals surface area contributed by atoms with Gasteiger partial charge in [-0.3, -0.25) is 0 Å². The molecular weight excluding hydrogens is 196 g/mol. The smallest absolute Gasteiger partial charge is 0.164 e. The lowest BCUT2D eigenvalue weighted by Gasteiger charge is -2.41. The number of fused-ring (bicyclic) bond motifs is 3. The molecular formula is C11H16O4. The highest BCUT2D eigenvalue weighted by Crippen LogP contribution is 2.51. The molecule has 0 unspecified atom stereocenters. The standard InChI is InChI=1S/C11H16O4/c1-10(2)13-5-6-4-7(12)9-11(3,15-9)8(6)14-10/h4,7-9,12H,5H2,1-3H3/t7-,8-,9+,11-/m1/s1. The zero-order valence-electron chi connectivity index (χ0n) is 9.19. The third-order valence-electron chi connectivity index (χ3n) is 3.43. The van der Waals surface area contributed by atoms with Crippen LogP contribution >= 0.6 is 0 Å². The van der Waals surface area contributed by atoms with Crippen LogP contribution < -0.4 is 0 Å². The third kappa shape index (κ3) is 1.29. The summed E-state index contributed by atoms with van der Waals surface area (Å²) in [4.78, 5) is 0. The summed E-state index contributed by atoms with van der Waals surface area (Å²) in [5, 5.41) is 9.74. The molecule has 0 bridgehead atoms. The minimum absolute atomic E-state index is 0.0744. The van der Waals surface area contributed by atoms with Gasteiger partial charge in [0.1, 0.15) is 23.9 Å². The van der Waals surface area contributed by atoms with E-state index in [1.165, 1.54) is 0 Å². The van der Waals surface area contributed by atoms with E-state index in [9.17, 15) is 5.11 Å². The number of aliphatic hydroxyl groups excluding tert-OH is 1. The number of ether oxygens (including phenoxy) is 3. The minimum atomic E-state index is -0.566. The molecule has 1 N–H and O–H groups in total. The molecule has 2 heterocycles. The van der Waals surface area contributed by atoms with Crippen molar-refractivity contribution < 1.29 is 19.3 Å². The Morgan fingerprint density at radius 3 is 2.80 bits per heavy atom. The van der Waals surface area contributed by atoms with Gasteiger partial charge in [-0.25, -0.2) is 0 Å². The van der Waals surface area contributed by atoms with E-state index in [2.05, 4.69) is 0 Å². The van der Waals surface area contributed by atoms with Crippen LogP contribution in [0.1, 0.15) is 20.8 Å². The molecule has 0 aromatic heterocycles. The minimum Gasteiger partial charge on any atom is -0.386 e. The second kappa shape index (κ2) is 2.63. The molecule has 4 nitrogen and oxygen atoms in total. The van der Waals surface area contributed by atoms with E-state index in [-0.39, 0.29) is 17.8 Å². The fourth-order valence-electron chi connectivity index (χ4n) is 2.51. The molecule has 0 spiro atoms. The van der Waals surface area contributed by atoms with Gasteiger partial charge in [0.2, 0.25) is 0 Å². The summed E-state index contributed by atoms with van der Waals surface area (Å²) in [5.74, 6) is -0.566. The Balaban J connectivity index is 1.93. The van der Waals surface area contributed by atoms with E-state index in [1.807, 2.05) is 20.8 Å². The molecule has 3 rings (SSSR count). The molecule has 0 aromatic rings. The molecule has 2 aliphatic heterocycles. The Bertz CT molecular complexity index is 335. The first-order valence-electron chi connectivity index (χ1n) is 5.31. The van der Waals surface area contributed by atoms with Gasteiger partial charge in [0.15, 0.2) is 5.79 Å². The highest BCUT2D eigenvalue weighted by Gasteiger charge is 2.66. The van der Waals surface area contributed by atoms with Gasteiger partial charge in [-0.05, 0) is 32.4 Å². The maximum Gasteiger partial charge on any atom is 0.164 e. The molecule has 0 amide bonds. The first-order valence-corrected chi connectivity index (χ1v) is 5.31. The molecule has 15 heavy (non-hydrogen) atoms. The van der Waals surface area contributed by atoms with Crippen LogP contribution in [0.4, 0.5) is 0 Å². The maximum atomic E-state index is 9.74. The zero-order chi connectivity index (χ0) is 10.8. The van der Waals surface area contributed by atoms with Crippen molar-refractivity contribution in [3.8, 4) is 0 Å². The van der Waals surface area contributed by atoms with Crippen LogP contribution in [0.25, 0.3) is 0 Å². The third-order valence-corrected chi connectivity index (χ3v) is 3.43. The van der Waals surface area contributed by atoms with Crippen LogP contribution in [0.3, 0.4) is 0 Å². The monoisotopic (exact) mass is 212 g/mol. The van der Waals surface area contributed by atoms with Gasteiger partial charge in [-0.2, -0.15) is 0 Å². The van der Waals surface area contributed by atoms with Crippen LogP contribution in [0.5, 0.6) is 0 Å². The number of aliphatic hydroxyl groups is 1. The molecule has 2 fully saturated rings. The second-order valence-corrected chi connectivity index (χ2v) is 5.14. The zero-order valence-corrected chi connectivity index (χ0v) is 9.19. The molecule has 84 valence electrons. The Kier molecular flexibility index (Phi) is 1.72. The van der Waals surface area contributed by atoms with E-state index in [0.717, 1.165) is 5.57 Å². The van der Waals surface area contributed by atoms with Crippen molar-refractivity contribution in [2.75, 3.05) is 6.61 Å². The molecule has 2 saturated heterocycles. The van der Waals surface area contributed by atoms with Crippen LogP contribution in [0, 0.1) is 0 Å².